The number of nitrogens with zero attached hydrogens (tertiary/aromatic N) is 2. The number of carbonyl (C=O) groups excluding carboxylic acids is 1. The lowest BCUT2D eigenvalue weighted by molar-refractivity contribution is -0.119. The molecule has 0 aliphatic heterocycles. The second-order valence-electron chi connectivity index (χ2n) is 4.33. The Morgan fingerprint density at radius 1 is 1.47 bits per heavy atom. The zero-order chi connectivity index (χ0) is 12.8. The van der Waals surface area contributed by atoms with Crippen molar-refractivity contribution in [1.82, 2.24) is 10.1 Å². The van der Waals surface area contributed by atoms with Gasteiger partial charge in [-0.05, 0) is 19.8 Å². The topological polar surface area (TPSA) is 65.2 Å². The van der Waals surface area contributed by atoms with Crippen molar-refractivity contribution in [2.75, 3.05) is 13.2 Å². The van der Waals surface area contributed by atoms with Crippen molar-refractivity contribution in [1.29, 1.82) is 0 Å². The van der Waals surface area contributed by atoms with Crippen molar-refractivity contribution >= 4 is 5.78 Å². The van der Waals surface area contributed by atoms with E-state index >= 15 is 0 Å². The molecule has 0 radical (unpaired) electrons. The number of ketones is 1. The summed E-state index contributed by atoms with van der Waals surface area (Å²) in [4.78, 5) is 15.7. The molecule has 1 unspecified atom stereocenters. The Kier molecular flexibility index (Phi) is 5.28. The quantitative estimate of drug-likeness (QED) is 0.682. The molecule has 1 atom stereocenters. The molecule has 0 fully saturated rings. The van der Waals surface area contributed by atoms with Crippen LogP contribution >= 0.6 is 0 Å². The predicted molar refractivity (Wildman–Crippen MR) is 62.8 cm³/mol. The fourth-order valence-corrected chi connectivity index (χ4v) is 1.73. The van der Waals surface area contributed by atoms with Crippen molar-refractivity contribution in [3.05, 3.63) is 11.7 Å². The van der Waals surface area contributed by atoms with Gasteiger partial charge in [0.15, 0.2) is 5.82 Å². The van der Waals surface area contributed by atoms with Crippen LogP contribution in [0.4, 0.5) is 0 Å². The van der Waals surface area contributed by atoms with Crippen molar-refractivity contribution < 1.29 is 14.1 Å². The third kappa shape index (κ3) is 3.93. The first-order chi connectivity index (χ1) is 8.06. The van der Waals surface area contributed by atoms with Crippen molar-refractivity contribution in [2.24, 2.45) is 5.92 Å². The maximum Gasteiger partial charge on any atom is 0.237 e. The molecule has 0 aliphatic rings. The smallest absolute Gasteiger partial charge is 0.237 e. The molecule has 0 saturated carbocycles. The highest BCUT2D eigenvalue weighted by Crippen LogP contribution is 2.23. The molecule has 5 nitrogen and oxygen atoms in total. The summed E-state index contributed by atoms with van der Waals surface area (Å²) in [5, 5.41) is 3.86. The summed E-state index contributed by atoms with van der Waals surface area (Å²) in [5.74, 6) is 0.926. The van der Waals surface area contributed by atoms with Gasteiger partial charge in [-0.15, -0.1) is 0 Å². The number of rotatable bonds is 7. The van der Waals surface area contributed by atoms with Crippen LogP contribution in [-0.2, 0) is 16.0 Å². The third-order valence-electron chi connectivity index (χ3n) is 2.53. The minimum absolute atomic E-state index is 0.0556. The fourth-order valence-electron chi connectivity index (χ4n) is 1.73. The van der Waals surface area contributed by atoms with Crippen LogP contribution in [0.25, 0.3) is 0 Å². The van der Waals surface area contributed by atoms with Gasteiger partial charge in [-0.1, -0.05) is 19.0 Å². The average Bonchev–Trinajstić information content (AvgIpc) is 2.65. The first-order valence-electron chi connectivity index (χ1n) is 5.97. The minimum Gasteiger partial charge on any atom is -0.381 e. The zero-order valence-corrected chi connectivity index (χ0v) is 10.9. The molecule has 0 saturated heterocycles. The summed E-state index contributed by atoms with van der Waals surface area (Å²) in [6, 6.07) is 0. The van der Waals surface area contributed by atoms with Crippen LogP contribution in [0, 0.1) is 5.92 Å². The van der Waals surface area contributed by atoms with Gasteiger partial charge >= 0.3 is 0 Å². The Morgan fingerprint density at radius 2 is 2.18 bits per heavy atom. The molecule has 96 valence electrons. The first-order valence-corrected chi connectivity index (χ1v) is 5.97. The summed E-state index contributed by atoms with van der Waals surface area (Å²) in [7, 11) is 0. The van der Waals surface area contributed by atoms with E-state index in [1.165, 1.54) is 0 Å². The molecule has 0 aromatic carbocycles. The van der Waals surface area contributed by atoms with Crippen LogP contribution in [0.1, 0.15) is 45.3 Å². The summed E-state index contributed by atoms with van der Waals surface area (Å²) in [6.45, 7) is 8.67. The molecular formula is C12H20N2O3. The number of aromatic nitrogens is 2. The molecule has 0 amide bonds. The van der Waals surface area contributed by atoms with E-state index in [0.717, 1.165) is 0 Å². The van der Waals surface area contributed by atoms with Crippen LogP contribution in [0.2, 0.25) is 0 Å². The Hall–Kier alpha value is -1.23. The molecule has 17 heavy (non-hydrogen) atoms. The Bertz CT molecular complexity index is 360. The Balaban J connectivity index is 2.68. The molecule has 1 aromatic heterocycles. The standard InChI is InChI=1S/C12H20N2O3/c1-5-16-7-6-10-13-12(17-14-10)11(8(2)3)9(4)15/h8,11H,5-7H2,1-4H3. The number of carbonyl (C=O) groups is 1. The van der Waals surface area contributed by atoms with Crippen LogP contribution in [-0.4, -0.2) is 29.1 Å². The second kappa shape index (κ2) is 6.49. The summed E-state index contributed by atoms with van der Waals surface area (Å²) in [5.41, 5.74) is 0. The van der Waals surface area contributed by atoms with Gasteiger partial charge in [-0.25, -0.2) is 0 Å². The van der Waals surface area contributed by atoms with Crippen LogP contribution in [0.15, 0.2) is 4.52 Å². The van der Waals surface area contributed by atoms with Gasteiger partial charge in [0.1, 0.15) is 5.78 Å². The monoisotopic (exact) mass is 240 g/mol. The maximum atomic E-state index is 11.5. The lowest BCUT2D eigenvalue weighted by Crippen LogP contribution is -2.15. The van der Waals surface area contributed by atoms with E-state index in [-0.39, 0.29) is 17.6 Å². The van der Waals surface area contributed by atoms with Crippen molar-refractivity contribution in [3.63, 3.8) is 0 Å². The first kappa shape index (κ1) is 13.8. The molecule has 1 rings (SSSR count). The predicted octanol–water partition coefficient (Wildman–Crippen LogP) is 1.98. The van der Waals surface area contributed by atoms with Gasteiger partial charge in [0.05, 0.1) is 12.5 Å². The van der Waals surface area contributed by atoms with E-state index in [1.807, 2.05) is 20.8 Å². The van der Waals surface area contributed by atoms with Gasteiger partial charge in [-0.3, -0.25) is 4.79 Å². The Morgan fingerprint density at radius 3 is 2.71 bits per heavy atom. The van der Waals surface area contributed by atoms with Gasteiger partial charge in [0, 0.05) is 13.0 Å². The normalized spacial score (nSPS) is 13.0. The molecule has 0 bridgehead atoms. The average molecular weight is 240 g/mol. The number of hydrogen-bond acceptors (Lipinski definition) is 5. The zero-order valence-electron chi connectivity index (χ0n) is 10.9. The van der Waals surface area contributed by atoms with Crippen LogP contribution in [0.3, 0.4) is 0 Å². The van der Waals surface area contributed by atoms with Gasteiger partial charge in [0.2, 0.25) is 5.89 Å². The van der Waals surface area contributed by atoms with E-state index in [0.29, 0.717) is 31.3 Å². The Labute approximate surface area is 102 Å². The van der Waals surface area contributed by atoms with Crippen LogP contribution in [0.5, 0.6) is 0 Å². The molecule has 5 heteroatoms. The number of Topliss-reactive ketones (excluding diaryl/α,β-unsaturated/α-hetero) is 1. The van der Waals surface area contributed by atoms with E-state index in [4.69, 9.17) is 9.26 Å². The molecule has 0 spiro atoms. The van der Waals surface area contributed by atoms with E-state index in [9.17, 15) is 4.79 Å². The lowest BCUT2D eigenvalue weighted by Gasteiger charge is -2.12. The molecule has 0 N–H and O–H groups in total. The summed E-state index contributed by atoms with van der Waals surface area (Å²) >= 11 is 0. The molecular weight excluding hydrogens is 220 g/mol. The van der Waals surface area contributed by atoms with Gasteiger partial charge in [-0.2, -0.15) is 4.98 Å². The third-order valence-corrected chi connectivity index (χ3v) is 2.53. The highest BCUT2D eigenvalue weighted by molar-refractivity contribution is 5.82. The SMILES string of the molecule is CCOCCc1noc(C(C(C)=O)C(C)C)n1. The lowest BCUT2D eigenvalue weighted by atomic mass is 9.92. The van der Waals surface area contributed by atoms with E-state index < -0.39 is 0 Å². The minimum atomic E-state index is -0.302. The summed E-state index contributed by atoms with van der Waals surface area (Å²) < 4.78 is 10.4. The van der Waals surface area contributed by atoms with E-state index in [1.54, 1.807) is 6.92 Å². The van der Waals surface area contributed by atoms with Crippen molar-refractivity contribution in [2.45, 2.75) is 40.0 Å². The fraction of sp³-hybridized carbons (Fsp3) is 0.750. The highest BCUT2D eigenvalue weighted by atomic mass is 16.5. The van der Waals surface area contributed by atoms with Crippen LogP contribution < -0.4 is 0 Å². The number of hydrogen-bond donors (Lipinski definition) is 0. The van der Waals surface area contributed by atoms with E-state index in [2.05, 4.69) is 10.1 Å². The molecule has 0 aliphatic carbocycles. The largest absolute Gasteiger partial charge is 0.381 e. The van der Waals surface area contributed by atoms with Gasteiger partial charge < -0.3 is 9.26 Å². The second-order valence-corrected chi connectivity index (χ2v) is 4.33. The van der Waals surface area contributed by atoms with Crippen molar-refractivity contribution in [3.8, 4) is 0 Å². The molecule has 1 heterocycles. The summed E-state index contributed by atoms with van der Waals surface area (Å²) in [6.07, 6.45) is 0.611. The maximum absolute atomic E-state index is 11.5. The van der Waals surface area contributed by atoms with Gasteiger partial charge in [0.25, 0.3) is 0 Å². The molecule has 1 aromatic rings. The highest BCUT2D eigenvalue weighted by Gasteiger charge is 2.26. The number of ether oxygens (including phenoxy) is 1.